The largest absolute Gasteiger partial charge is 0.431 e. The van der Waals surface area contributed by atoms with Crippen molar-refractivity contribution in [1.29, 1.82) is 0 Å². The lowest BCUT2D eigenvalue weighted by Gasteiger charge is -2.55. The van der Waals surface area contributed by atoms with Crippen LogP contribution in [-0.2, 0) is 17.8 Å². The van der Waals surface area contributed by atoms with Crippen molar-refractivity contribution in [3.05, 3.63) is 72.1 Å². The Morgan fingerprint density at radius 3 is 1.18 bits per heavy atom. The number of rotatable bonds is 22. The second-order valence-corrected chi connectivity index (χ2v) is 30.7. The fourth-order valence-corrected chi connectivity index (χ4v) is 18.9. The molecule has 4 saturated heterocycles. The van der Waals surface area contributed by atoms with Crippen molar-refractivity contribution in [2.45, 2.75) is 184 Å². The topological polar surface area (TPSA) is 257 Å². The number of likely N-dealkylation sites (tertiary alicyclic amines) is 2. The Morgan fingerprint density at radius 2 is 0.837 bits per heavy atom. The van der Waals surface area contributed by atoms with Crippen molar-refractivity contribution in [2.24, 2.45) is 59.2 Å². The number of hydrogen-bond donors (Lipinski definition) is 5. The van der Waals surface area contributed by atoms with E-state index < -0.39 is 19.8 Å². The van der Waals surface area contributed by atoms with Gasteiger partial charge < -0.3 is 46.4 Å². The Morgan fingerprint density at radius 1 is 0.469 bits per heavy atom. The molecule has 8 aliphatic carbocycles. The van der Waals surface area contributed by atoms with Gasteiger partial charge in [0, 0.05) is 146 Å². The lowest BCUT2D eigenvalue weighted by atomic mass is 9.87. The van der Waals surface area contributed by atoms with Gasteiger partial charge in [0.25, 0.3) is 0 Å². The molecule has 0 amide bonds. The number of nitrogens with zero attached hydrogens (tertiary/aromatic N) is 12. The van der Waals surface area contributed by atoms with Crippen molar-refractivity contribution in [1.82, 2.24) is 59.0 Å². The molecule has 0 aromatic carbocycles. The highest BCUT2D eigenvalue weighted by molar-refractivity contribution is 5.67. The normalized spacial score (nSPS) is 32.0. The number of ether oxygens (including phenoxy) is 4. The molecule has 8 unspecified atom stereocenters. The van der Waals surface area contributed by atoms with Gasteiger partial charge >= 0.3 is 19.8 Å². The number of nitrogen functional groups attached to an aromatic ring is 3. The van der Waals surface area contributed by atoms with Crippen LogP contribution in [0, 0.1) is 59.2 Å². The molecule has 18 rings (SSSR count). The van der Waals surface area contributed by atoms with Crippen LogP contribution in [0.5, 0.6) is 17.2 Å². The third kappa shape index (κ3) is 13.3. The summed E-state index contributed by atoms with van der Waals surface area (Å²) in [6, 6.07) is 14.3. The molecule has 4 aliphatic heterocycles. The minimum Gasteiger partial charge on any atom is -0.431 e. The van der Waals surface area contributed by atoms with Crippen LogP contribution in [0.15, 0.2) is 55.0 Å². The number of morpholine rings is 1. The second-order valence-electron chi connectivity index (χ2n) is 30.7. The Hall–Kier alpha value is -6.78. The summed E-state index contributed by atoms with van der Waals surface area (Å²) in [5.74, 6) is 7.47. The van der Waals surface area contributed by atoms with E-state index in [0.717, 1.165) is 82.4 Å². The summed E-state index contributed by atoms with van der Waals surface area (Å²) in [6.07, 6.45) is 20.6. The van der Waals surface area contributed by atoms with E-state index in [1.54, 1.807) is 18.6 Å². The molecule has 98 heavy (non-hydrogen) atoms. The maximum Gasteiger partial charge on any atom is 0.387 e. The average molecular weight is 1360 g/mol. The maximum atomic E-state index is 12.7. The van der Waals surface area contributed by atoms with Crippen LogP contribution in [-0.4, -0.2) is 172 Å². The summed E-state index contributed by atoms with van der Waals surface area (Å²) in [4.78, 5) is 20.0. The molecule has 2 bridgehead atoms. The molecular formula is C71H91F6N15O6. The first-order valence-corrected chi connectivity index (χ1v) is 35.8. The number of aromatic nitrogens is 9. The lowest BCUT2D eigenvalue weighted by Crippen LogP contribution is -2.66. The zero-order valence-corrected chi connectivity index (χ0v) is 55.6. The van der Waals surface area contributed by atoms with Crippen LogP contribution in [0.2, 0.25) is 0 Å². The molecular weight excluding hydrogens is 1270 g/mol. The van der Waals surface area contributed by atoms with E-state index in [0.29, 0.717) is 137 Å². The van der Waals surface area contributed by atoms with Gasteiger partial charge in [0.15, 0.2) is 34.7 Å². The molecule has 21 nitrogen and oxygen atoms in total. The van der Waals surface area contributed by atoms with Crippen molar-refractivity contribution in [3.63, 3.8) is 0 Å². The number of hydrogen-bond acceptors (Lipinski definition) is 18. The van der Waals surface area contributed by atoms with Gasteiger partial charge in [-0.2, -0.15) is 41.6 Å². The van der Waals surface area contributed by atoms with Crippen molar-refractivity contribution in [2.75, 3.05) is 69.8 Å². The summed E-state index contributed by atoms with van der Waals surface area (Å²) in [6.45, 7) is 3.88. The number of anilines is 3. The number of nitrogens with two attached hydrogens (primary N) is 3. The molecule has 10 heterocycles. The van der Waals surface area contributed by atoms with Gasteiger partial charge in [0.2, 0.25) is 0 Å². The number of aliphatic hydroxyl groups is 2. The summed E-state index contributed by atoms with van der Waals surface area (Å²) in [5, 5.41) is 33.5. The summed E-state index contributed by atoms with van der Waals surface area (Å²) >= 11 is 0. The Labute approximate surface area is 566 Å². The highest BCUT2D eigenvalue weighted by Crippen LogP contribution is 2.67. The standard InChI is InChI=1S/2C24H31F2N5O2.C23H29F2N5O2/c2*25-24(26)33-21-5-15(9-28-23(21)27)19-8-20(31(29-19)11-13-1-2-13)22-17-6-16(7-18(17)22)30-4-3-14(10-30)12-32;1-11(2)30-19(7-18(28-30)12-3-20(32-23(24)25)22(26)27-8-12)21-16-5-13(6-17(16)21)29-14-4-15(29)10-31-9-14/h2*5,8-9,13-14,16-18,22,24,32H,1-4,6-7,10-12H2,(H2,27,28);3,7-8,11,13-17,21,23H,4-6,9-10H2,1-2H3,(H2,26,27)/t2*14-,16?,17-,18+,22?;13?,14?,15?,16-,17+,21?/m00./s1. The Kier molecular flexibility index (Phi) is 17.9. The molecule has 6 aromatic heterocycles. The van der Waals surface area contributed by atoms with Gasteiger partial charge in [-0.05, 0) is 206 Å². The fourth-order valence-electron chi connectivity index (χ4n) is 18.9. The predicted octanol–water partition coefficient (Wildman–Crippen LogP) is 10.4. The first kappa shape index (κ1) is 65.8. The SMILES string of the molecule is CC(C)n1nc(-c2cnc(N)c(OC(F)F)c2)cc1C1[C@H]2CC(N3C4COCC3C4)C[C@@H]12.Nc1ncc(-c2cc(C3[C@H]4CC(N5CC[C@H](CO)C5)C[C@@H]34)n(CC3CC3)n2)cc1OC(F)F.Nc1ncc(-c2cc(C3[C@H]4CC(N5CC[C@H](CO)C5)C[C@@H]34)n(CC3CC3)n2)cc1OC(F)F. The smallest absolute Gasteiger partial charge is 0.387 e. The molecule has 27 heteroatoms. The van der Waals surface area contributed by atoms with Gasteiger partial charge in [-0.3, -0.25) is 28.7 Å². The Bertz CT molecular complexity index is 3640. The molecule has 12 fully saturated rings. The van der Waals surface area contributed by atoms with Crippen LogP contribution in [0.25, 0.3) is 33.8 Å². The zero-order valence-electron chi connectivity index (χ0n) is 55.6. The summed E-state index contributed by atoms with van der Waals surface area (Å²) in [5.41, 5.74) is 25.0. The number of halogens is 6. The van der Waals surface area contributed by atoms with Gasteiger partial charge in [-0.15, -0.1) is 0 Å². The van der Waals surface area contributed by atoms with E-state index >= 15 is 0 Å². The molecule has 8 saturated carbocycles. The highest BCUT2D eigenvalue weighted by atomic mass is 19.3. The third-order valence-corrected chi connectivity index (χ3v) is 24.2. The number of aliphatic hydroxyl groups excluding tert-OH is 2. The van der Waals surface area contributed by atoms with E-state index in [2.05, 4.69) is 90.0 Å². The highest BCUT2D eigenvalue weighted by Gasteiger charge is 2.63. The minimum atomic E-state index is -2.95. The lowest BCUT2D eigenvalue weighted by molar-refractivity contribution is -0.147. The van der Waals surface area contributed by atoms with Gasteiger partial charge in [0.05, 0.1) is 30.3 Å². The number of alkyl halides is 6. The van der Waals surface area contributed by atoms with Crippen molar-refractivity contribution >= 4 is 17.5 Å². The Balaban J connectivity index is 0.000000115. The van der Waals surface area contributed by atoms with E-state index in [1.165, 1.54) is 106 Å². The van der Waals surface area contributed by atoms with Crippen LogP contribution in [0.4, 0.5) is 43.8 Å². The molecule has 0 spiro atoms. The molecule has 8 N–H and O–H groups in total. The van der Waals surface area contributed by atoms with Crippen LogP contribution in [0.3, 0.4) is 0 Å². The van der Waals surface area contributed by atoms with E-state index in [4.69, 9.17) is 37.2 Å². The predicted molar refractivity (Wildman–Crippen MR) is 352 cm³/mol. The van der Waals surface area contributed by atoms with E-state index in [-0.39, 0.29) is 40.7 Å². The molecule has 12 aliphatic rings. The molecule has 528 valence electrons. The van der Waals surface area contributed by atoms with Crippen LogP contribution in [0.1, 0.15) is 138 Å². The summed E-state index contributed by atoms with van der Waals surface area (Å²) in [7, 11) is 0. The number of pyridine rings is 3. The molecule has 0 radical (unpaired) electrons. The van der Waals surface area contributed by atoms with Crippen LogP contribution < -0.4 is 31.4 Å². The first-order valence-electron chi connectivity index (χ1n) is 35.8. The van der Waals surface area contributed by atoms with Gasteiger partial charge in [-0.25, -0.2) is 15.0 Å². The van der Waals surface area contributed by atoms with Gasteiger partial charge in [-0.1, -0.05) is 0 Å². The van der Waals surface area contributed by atoms with Crippen molar-refractivity contribution < 1.29 is 55.5 Å². The number of fused-ring (bicyclic) bond motifs is 5. The van der Waals surface area contributed by atoms with Crippen molar-refractivity contribution in [3.8, 4) is 51.0 Å². The monoisotopic (exact) mass is 1360 g/mol. The first-order chi connectivity index (χ1) is 47.4. The van der Waals surface area contributed by atoms with Crippen LogP contribution >= 0.6 is 0 Å². The fraction of sp³-hybridized carbons (Fsp3) is 0.662. The van der Waals surface area contributed by atoms with E-state index in [1.807, 2.05) is 0 Å². The molecule has 16 atom stereocenters. The van der Waals surface area contributed by atoms with Gasteiger partial charge in [0.1, 0.15) is 0 Å². The zero-order chi connectivity index (χ0) is 67.5. The average Bonchev–Trinajstić information content (AvgIpc) is 1.56. The maximum absolute atomic E-state index is 12.7. The second kappa shape index (κ2) is 26.6. The summed E-state index contributed by atoms with van der Waals surface area (Å²) < 4.78 is 102. The minimum absolute atomic E-state index is 0.0511. The molecule has 6 aromatic rings. The quantitative estimate of drug-likeness (QED) is 0.0396. The third-order valence-electron chi connectivity index (χ3n) is 24.2. The van der Waals surface area contributed by atoms with E-state index in [9.17, 15) is 36.6 Å².